The van der Waals surface area contributed by atoms with Gasteiger partial charge in [-0.05, 0) is 18.8 Å². The molecule has 88 valence electrons. The molecule has 0 aromatic carbocycles. The Morgan fingerprint density at radius 2 is 2.19 bits per heavy atom. The van der Waals surface area contributed by atoms with Crippen LogP contribution in [0.15, 0.2) is 11.4 Å². The maximum absolute atomic E-state index is 5.23. The second-order valence-corrected chi connectivity index (χ2v) is 5.75. The van der Waals surface area contributed by atoms with Gasteiger partial charge in [0, 0.05) is 36.0 Å². The first kappa shape index (κ1) is 10.6. The van der Waals surface area contributed by atoms with Gasteiger partial charge in [0.15, 0.2) is 0 Å². The lowest BCUT2D eigenvalue weighted by Crippen LogP contribution is -2.47. The Bertz CT molecular complexity index is 337. The van der Waals surface area contributed by atoms with Gasteiger partial charge in [-0.2, -0.15) is 0 Å². The molecule has 3 heteroatoms. The van der Waals surface area contributed by atoms with Crippen LogP contribution in [0.25, 0.3) is 0 Å². The SMILES string of the molecule is C[C@@H]1CNC2=C(C=S)[C@H]3CCCC[C@@H]3N2C1. The molecule has 0 spiro atoms. The lowest BCUT2D eigenvalue weighted by atomic mass is 9.82. The molecule has 0 unspecified atom stereocenters. The van der Waals surface area contributed by atoms with Crippen molar-refractivity contribution in [1.82, 2.24) is 10.2 Å². The smallest absolute Gasteiger partial charge is 0.106 e. The predicted octanol–water partition coefficient (Wildman–Crippen LogP) is 2.31. The standard InChI is InChI=1S/C13H20N2S/c1-9-6-14-13-11(8-16)10-4-2-3-5-12(10)15(13)7-9/h8-10,12,14H,2-7H2,1H3/t9-,10-,12+/m1/s1. The summed E-state index contributed by atoms with van der Waals surface area (Å²) in [7, 11) is 0. The lowest BCUT2D eigenvalue weighted by Gasteiger charge is -2.39. The summed E-state index contributed by atoms with van der Waals surface area (Å²) >= 11 is 5.23. The van der Waals surface area contributed by atoms with Gasteiger partial charge >= 0.3 is 0 Å². The Balaban J connectivity index is 1.94. The topological polar surface area (TPSA) is 15.3 Å². The third-order valence-corrected chi connectivity index (χ3v) is 4.60. The zero-order chi connectivity index (χ0) is 11.1. The van der Waals surface area contributed by atoms with Crippen molar-refractivity contribution < 1.29 is 0 Å². The normalized spacial score (nSPS) is 37.8. The van der Waals surface area contributed by atoms with Crippen molar-refractivity contribution in [1.29, 1.82) is 0 Å². The van der Waals surface area contributed by atoms with Crippen molar-refractivity contribution in [2.45, 2.75) is 38.6 Å². The lowest BCUT2D eigenvalue weighted by molar-refractivity contribution is 0.143. The first-order chi connectivity index (χ1) is 7.81. The van der Waals surface area contributed by atoms with Crippen molar-refractivity contribution >= 4 is 17.6 Å². The van der Waals surface area contributed by atoms with Crippen molar-refractivity contribution in [2.24, 2.45) is 11.8 Å². The number of thiocarbonyl (C=S) groups is 1. The highest BCUT2D eigenvalue weighted by Crippen LogP contribution is 2.42. The van der Waals surface area contributed by atoms with Crippen LogP contribution >= 0.6 is 12.2 Å². The van der Waals surface area contributed by atoms with Gasteiger partial charge in [-0.3, -0.25) is 0 Å². The van der Waals surface area contributed by atoms with Crippen molar-refractivity contribution in [3.05, 3.63) is 11.4 Å². The third-order valence-electron chi connectivity index (χ3n) is 4.34. The van der Waals surface area contributed by atoms with E-state index < -0.39 is 0 Å². The summed E-state index contributed by atoms with van der Waals surface area (Å²) in [5, 5.41) is 5.53. The van der Waals surface area contributed by atoms with E-state index in [1.165, 1.54) is 43.6 Å². The first-order valence-corrected chi connectivity index (χ1v) is 6.98. The van der Waals surface area contributed by atoms with E-state index in [2.05, 4.69) is 17.1 Å². The first-order valence-electron chi connectivity index (χ1n) is 6.51. The molecule has 0 aromatic rings. The molecular formula is C13H20N2S. The minimum atomic E-state index is 0.721. The van der Waals surface area contributed by atoms with Crippen molar-refractivity contribution in [3.63, 3.8) is 0 Å². The molecule has 1 N–H and O–H groups in total. The summed E-state index contributed by atoms with van der Waals surface area (Å²) in [6.07, 6.45) is 5.47. The second kappa shape index (κ2) is 4.02. The Morgan fingerprint density at radius 3 is 3.00 bits per heavy atom. The predicted molar refractivity (Wildman–Crippen MR) is 70.3 cm³/mol. The molecule has 2 aliphatic heterocycles. The zero-order valence-corrected chi connectivity index (χ0v) is 10.7. The quantitative estimate of drug-likeness (QED) is 0.703. The monoisotopic (exact) mass is 236 g/mol. The van der Waals surface area contributed by atoms with Gasteiger partial charge in [-0.1, -0.05) is 32.0 Å². The van der Waals surface area contributed by atoms with Crippen LogP contribution < -0.4 is 5.32 Å². The highest BCUT2D eigenvalue weighted by molar-refractivity contribution is 7.79. The van der Waals surface area contributed by atoms with Crippen LogP contribution in [0, 0.1) is 11.8 Å². The second-order valence-electron chi connectivity index (χ2n) is 5.52. The van der Waals surface area contributed by atoms with Crippen LogP contribution in [0.5, 0.6) is 0 Å². The van der Waals surface area contributed by atoms with E-state index in [9.17, 15) is 0 Å². The number of fused-ring (bicyclic) bond motifs is 3. The molecule has 3 rings (SSSR count). The van der Waals surface area contributed by atoms with Crippen molar-refractivity contribution in [3.8, 4) is 0 Å². The Labute approximate surface area is 103 Å². The fraction of sp³-hybridized carbons (Fsp3) is 0.769. The molecule has 1 saturated heterocycles. The van der Waals surface area contributed by atoms with Gasteiger partial charge in [0.2, 0.25) is 0 Å². The molecule has 0 amide bonds. The Kier molecular flexibility index (Phi) is 2.66. The summed E-state index contributed by atoms with van der Waals surface area (Å²) in [5.74, 6) is 2.85. The maximum atomic E-state index is 5.23. The Hall–Kier alpha value is -0.570. The summed E-state index contributed by atoms with van der Waals surface area (Å²) in [6, 6.07) is 0.744. The van der Waals surface area contributed by atoms with E-state index in [1.54, 1.807) is 0 Å². The minimum absolute atomic E-state index is 0.721. The van der Waals surface area contributed by atoms with Crippen LogP contribution in [0.2, 0.25) is 0 Å². The molecule has 1 saturated carbocycles. The van der Waals surface area contributed by atoms with E-state index in [-0.39, 0.29) is 0 Å². The maximum Gasteiger partial charge on any atom is 0.106 e. The van der Waals surface area contributed by atoms with Crippen molar-refractivity contribution in [2.75, 3.05) is 13.1 Å². The summed E-state index contributed by atoms with van der Waals surface area (Å²) in [6.45, 7) is 4.66. The number of nitrogens with one attached hydrogen (secondary N) is 1. The number of hydrogen-bond acceptors (Lipinski definition) is 3. The molecule has 3 atom stereocenters. The fourth-order valence-electron chi connectivity index (χ4n) is 3.60. The largest absolute Gasteiger partial charge is 0.371 e. The van der Waals surface area contributed by atoms with E-state index in [0.29, 0.717) is 0 Å². The van der Waals surface area contributed by atoms with Crippen LogP contribution in [-0.2, 0) is 0 Å². The van der Waals surface area contributed by atoms with Gasteiger partial charge in [-0.25, -0.2) is 0 Å². The van der Waals surface area contributed by atoms with E-state index in [0.717, 1.165) is 24.4 Å². The highest BCUT2D eigenvalue weighted by atomic mass is 32.1. The molecule has 2 fully saturated rings. The van der Waals surface area contributed by atoms with E-state index >= 15 is 0 Å². The molecule has 0 aromatic heterocycles. The number of hydrogen-bond donors (Lipinski definition) is 1. The molecule has 0 bridgehead atoms. The zero-order valence-electron chi connectivity index (χ0n) is 9.91. The molecule has 1 aliphatic carbocycles. The van der Waals surface area contributed by atoms with Gasteiger partial charge in [0.25, 0.3) is 0 Å². The van der Waals surface area contributed by atoms with Crippen LogP contribution in [0.3, 0.4) is 0 Å². The van der Waals surface area contributed by atoms with Gasteiger partial charge in [-0.15, -0.1) is 0 Å². The van der Waals surface area contributed by atoms with Crippen LogP contribution in [-0.4, -0.2) is 29.4 Å². The minimum Gasteiger partial charge on any atom is -0.371 e. The molecule has 16 heavy (non-hydrogen) atoms. The highest BCUT2D eigenvalue weighted by Gasteiger charge is 2.42. The van der Waals surface area contributed by atoms with E-state index in [1.807, 2.05) is 5.37 Å². The van der Waals surface area contributed by atoms with Crippen LogP contribution in [0.1, 0.15) is 32.6 Å². The van der Waals surface area contributed by atoms with Gasteiger partial charge in [0.1, 0.15) is 5.82 Å². The van der Waals surface area contributed by atoms with Gasteiger partial charge in [0.05, 0.1) is 0 Å². The third kappa shape index (κ3) is 1.48. The van der Waals surface area contributed by atoms with Crippen LogP contribution in [0.4, 0.5) is 0 Å². The fourth-order valence-corrected chi connectivity index (χ4v) is 3.89. The molecule has 2 nitrogen and oxygen atoms in total. The summed E-state index contributed by atoms with van der Waals surface area (Å²) in [4.78, 5) is 2.61. The molecule has 3 aliphatic rings. The Morgan fingerprint density at radius 1 is 1.38 bits per heavy atom. The van der Waals surface area contributed by atoms with Gasteiger partial charge < -0.3 is 10.2 Å². The van der Waals surface area contributed by atoms with E-state index in [4.69, 9.17) is 12.2 Å². The average Bonchev–Trinajstić information content (AvgIpc) is 2.62. The molecule has 2 heterocycles. The summed E-state index contributed by atoms with van der Waals surface area (Å²) < 4.78 is 0. The number of rotatable bonds is 1. The number of nitrogens with zero attached hydrogens (tertiary/aromatic N) is 1. The average molecular weight is 236 g/mol. The molecular weight excluding hydrogens is 216 g/mol. The molecule has 0 radical (unpaired) electrons. The summed E-state index contributed by atoms with van der Waals surface area (Å²) in [5.41, 5.74) is 1.42.